The number of nitrogens with zero attached hydrogens (tertiary/aromatic N) is 3. The van der Waals surface area contributed by atoms with E-state index in [4.69, 9.17) is 4.74 Å². The Morgan fingerprint density at radius 1 is 1.07 bits per heavy atom. The van der Waals surface area contributed by atoms with E-state index < -0.39 is 0 Å². The van der Waals surface area contributed by atoms with Crippen molar-refractivity contribution in [2.45, 2.75) is 13.8 Å². The predicted molar refractivity (Wildman–Crippen MR) is 110 cm³/mol. The number of likely N-dealkylation sites (N-methyl/N-ethyl adjacent to an activating group) is 1. The third-order valence-electron chi connectivity index (χ3n) is 5.29. The zero-order chi connectivity index (χ0) is 21.0. The van der Waals surface area contributed by atoms with E-state index >= 15 is 0 Å². The van der Waals surface area contributed by atoms with Crippen LogP contribution in [-0.4, -0.2) is 85.4 Å². The minimum Gasteiger partial charge on any atom is -0.383 e. The number of rotatable bonds is 7. The Morgan fingerprint density at radius 3 is 2.28 bits per heavy atom. The number of carbonyl (C=O) groups is 3. The maximum Gasteiger partial charge on any atom is 0.277 e. The van der Waals surface area contributed by atoms with E-state index in [9.17, 15) is 14.4 Å². The molecule has 0 aromatic heterocycles. The van der Waals surface area contributed by atoms with Gasteiger partial charge >= 0.3 is 0 Å². The Bertz CT molecular complexity index is 810. The molecule has 0 saturated carbocycles. The Hall–Kier alpha value is -2.71. The smallest absolute Gasteiger partial charge is 0.277 e. The number of amides is 3. The van der Waals surface area contributed by atoms with Crippen molar-refractivity contribution >= 4 is 29.0 Å². The molecule has 8 nitrogen and oxygen atoms in total. The molecule has 1 aromatic rings. The van der Waals surface area contributed by atoms with E-state index in [0.717, 1.165) is 19.6 Å². The molecule has 0 bridgehead atoms. The molecule has 8 heteroatoms. The minimum absolute atomic E-state index is 0.163. The van der Waals surface area contributed by atoms with Gasteiger partial charge in [0.05, 0.1) is 18.7 Å². The van der Waals surface area contributed by atoms with Gasteiger partial charge in [-0.1, -0.05) is 19.1 Å². The molecule has 1 fully saturated rings. The van der Waals surface area contributed by atoms with Crippen molar-refractivity contribution < 1.29 is 19.1 Å². The van der Waals surface area contributed by atoms with Gasteiger partial charge in [0.2, 0.25) is 5.91 Å². The highest BCUT2D eigenvalue weighted by Crippen LogP contribution is 2.32. The van der Waals surface area contributed by atoms with Gasteiger partial charge in [-0.15, -0.1) is 0 Å². The average Bonchev–Trinajstić information content (AvgIpc) is 2.96. The van der Waals surface area contributed by atoms with Crippen LogP contribution in [0.3, 0.4) is 0 Å². The van der Waals surface area contributed by atoms with E-state index in [1.807, 2.05) is 4.90 Å². The van der Waals surface area contributed by atoms with Gasteiger partial charge in [-0.25, -0.2) is 0 Å². The standard InChI is InChI=1S/C21H28N4O4/c1-4-23-9-11-24(12-10-23)19-18(20(27)25(21(19)28)13-14-29-3)16-5-7-17(8-6-16)22-15(2)26/h5-8H,4,9-14H2,1-3H3,(H,22,26). The fourth-order valence-electron chi connectivity index (χ4n) is 3.71. The predicted octanol–water partition coefficient (Wildman–Crippen LogP) is 1.01. The largest absolute Gasteiger partial charge is 0.383 e. The van der Waals surface area contributed by atoms with Crippen LogP contribution in [0.5, 0.6) is 0 Å². The Morgan fingerprint density at radius 2 is 1.72 bits per heavy atom. The van der Waals surface area contributed by atoms with Gasteiger partial charge in [0.15, 0.2) is 0 Å². The third-order valence-corrected chi connectivity index (χ3v) is 5.29. The first kappa shape index (κ1) is 21.0. The van der Waals surface area contributed by atoms with Crippen LogP contribution in [0, 0.1) is 0 Å². The lowest BCUT2D eigenvalue weighted by molar-refractivity contribution is -0.138. The Labute approximate surface area is 171 Å². The second kappa shape index (κ2) is 9.19. The quantitative estimate of drug-likeness (QED) is 0.688. The molecule has 0 radical (unpaired) electrons. The van der Waals surface area contributed by atoms with Gasteiger partial charge in [0, 0.05) is 45.9 Å². The fraction of sp³-hybridized carbons (Fsp3) is 0.476. The van der Waals surface area contributed by atoms with Crippen molar-refractivity contribution in [3.05, 3.63) is 35.5 Å². The van der Waals surface area contributed by atoms with E-state index in [0.29, 0.717) is 42.2 Å². The molecule has 2 heterocycles. The number of hydrogen-bond donors (Lipinski definition) is 1. The number of anilines is 1. The highest BCUT2D eigenvalue weighted by atomic mass is 16.5. The lowest BCUT2D eigenvalue weighted by atomic mass is 10.0. The molecule has 0 atom stereocenters. The second-order valence-corrected chi connectivity index (χ2v) is 7.16. The van der Waals surface area contributed by atoms with Crippen LogP contribution in [0.4, 0.5) is 5.69 Å². The molecule has 156 valence electrons. The van der Waals surface area contributed by atoms with Crippen LogP contribution < -0.4 is 5.32 Å². The molecule has 1 N–H and O–H groups in total. The van der Waals surface area contributed by atoms with Gasteiger partial charge in [0.1, 0.15) is 5.70 Å². The Kier molecular flexibility index (Phi) is 6.66. The van der Waals surface area contributed by atoms with Crippen LogP contribution in [0.15, 0.2) is 30.0 Å². The number of hydrogen-bond acceptors (Lipinski definition) is 6. The van der Waals surface area contributed by atoms with Gasteiger partial charge in [-0.3, -0.25) is 19.3 Å². The number of nitrogens with one attached hydrogen (secondary N) is 1. The fourth-order valence-corrected chi connectivity index (χ4v) is 3.71. The van der Waals surface area contributed by atoms with E-state index in [1.165, 1.54) is 11.8 Å². The van der Waals surface area contributed by atoms with Crippen molar-refractivity contribution in [2.75, 3.05) is 58.3 Å². The number of imide groups is 1. The SMILES string of the molecule is CCN1CCN(C2=C(c3ccc(NC(C)=O)cc3)C(=O)N(CCOC)C2=O)CC1. The summed E-state index contributed by atoms with van der Waals surface area (Å²) in [5.74, 6) is -0.727. The summed E-state index contributed by atoms with van der Waals surface area (Å²) in [7, 11) is 1.55. The van der Waals surface area contributed by atoms with E-state index in [-0.39, 0.29) is 24.3 Å². The molecule has 0 aliphatic carbocycles. The van der Waals surface area contributed by atoms with Crippen LogP contribution in [0.2, 0.25) is 0 Å². The topological polar surface area (TPSA) is 82.2 Å². The second-order valence-electron chi connectivity index (χ2n) is 7.16. The summed E-state index contributed by atoms with van der Waals surface area (Å²) in [6, 6.07) is 7.03. The molecule has 29 heavy (non-hydrogen) atoms. The minimum atomic E-state index is -0.299. The summed E-state index contributed by atoms with van der Waals surface area (Å²) in [5, 5.41) is 2.72. The molecule has 3 amide bonds. The third kappa shape index (κ3) is 4.49. The number of ether oxygens (including phenoxy) is 1. The summed E-state index contributed by atoms with van der Waals surface area (Å²) in [6.07, 6.45) is 0. The molecule has 1 saturated heterocycles. The summed E-state index contributed by atoms with van der Waals surface area (Å²) in [4.78, 5) is 43.2. The molecule has 0 unspecified atom stereocenters. The van der Waals surface area contributed by atoms with E-state index in [1.54, 1.807) is 31.4 Å². The molecule has 0 spiro atoms. The summed E-state index contributed by atoms with van der Waals surface area (Å²) >= 11 is 0. The molecule has 2 aliphatic rings. The van der Waals surface area contributed by atoms with Crippen molar-refractivity contribution in [3.63, 3.8) is 0 Å². The molecular weight excluding hydrogens is 372 g/mol. The van der Waals surface area contributed by atoms with Gasteiger partial charge in [0.25, 0.3) is 11.8 Å². The van der Waals surface area contributed by atoms with Crippen molar-refractivity contribution in [3.8, 4) is 0 Å². The van der Waals surface area contributed by atoms with Crippen LogP contribution in [0.1, 0.15) is 19.4 Å². The lowest BCUT2D eigenvalue weighted by Crippen LogP contribution is -2.47. The lowest BCUT2D eigenvalue weighted by Gasteiger charge is -2.36. The van der Waals surface area contributed by atoms with Gasteiger partial charge in [-0.2, -0.15) is 0 Å². The van der Waals surface area contributed by atoms with Crippen molar-refractivity contribution in [1.82, 2.24) is 14.7 Å². The number of benzene rings is 1. The Balaban J connectivity index is 1.94. The summed E-state index contributed by atoms with van der Waals surface area (Å²) in [6.45, 7) is 8.16. The first-order valence-corrected chi connectivity index (χ1v) is 9.91. The van der Waals surface area contributed by atoms with Gasteiger partial charge < -0.3 is 19.9 Å². The van der Waals surface area contributed by atoms with Crippen LogP contribution in [0.25, 0.3) is 5.57 Å². The number of methoxy groups -OCH3 is 1. The first-order valence-electron chi connectivity index (χ1n) is 9.91. The van der Waals surface area contributed by atoms with Crippen LogP contribution >= 0.6 is 0 Å². The first-order chi connectivity index (χ1) is 14.0. The van der Waals surface area contributed by atoms with Crippen molar-refractivity contribution in [2.24, 2.45) is 0 Å². The highest BCUT2D eigenvalue weighted by Gasteiger charge is 2.41. The number of piperazine rings is 1. The maximum absolute atomic E-state index is 13.1. The zero-order valence-electron chi connectivity index (χ0n) is 17.2. The average molecular weight is 400 g/mol. The highest BCUT2D eigenvalue weighted by molar-refractivity contribution is 6.35. The summed E-state index contributed by atoms with van der Waals surface area (Å²) in [5.41, 5.74) is 2.21. The molecular formula is C21H28N4O4. The maximum atomic E-state index is 13.1. The van der Waals surface area contributed by atoms with Crippen molar-refractivity contribution in [1.29, 1.82) is 0 Å². The zero-order valence-corrected chi connectivity index (χ0v) is 17.2. The number of carbonyl (C=O) groups excluding carboxylic acids is 3. The summed E-state index contributed by atoms with van der Waals surface area (Å²) < 4.78 is 5.08. The monoisotopic (exact) mass is 400 g/mol. The molecule has 3 rings (SSSR count). The van der Waals surface area contributed by atoms with Gasteiger partial charge in [-0.05, 0) is 24.2 Å². The molecule has 1 aromatic carbocycles. The molecule has 2 aliphatic heterocycles. The normalized spacial score (nSPS) is 18.0. The van der Waals surface area contributed by atoms with Crippen LogP contribution in [-0.2, 0) is 19.1 Å². The van der Waals surface area contributed by atoms with E-state index in [2.05, 4.69) is 17.1 Å².